The van der Waals surface area contributed by atoms with Gasteiger partial charge < -0.3 is 18.6 Å². The third-order valence-electron chi connectivity index (χ3n) is 9.70. The second-order valence-electron chi connectivity index (χ2n) is 14.5. The van der Waals surface area contributed by atoms with Crippen molar-refractivity contribution < 1.29 is 13.7 Å². The number of likely N-dealkylation sites (tertiary alicyclic amines) is 2. The summed E-state index contributed by atoms with van der Waals surface area (Å²) in [6.45, 7) is 32.9. The number of piperazine rings is 1. The molecule has 4 aliphatic heterocycles. The molecule has 0 aromatic heterocycles. The van der Waals surface area contributed by atoms with Crippen LogP contribution in [0.1, 0.15) is 93.9 Å². The SMILES string of the molecule is CC(C)N1CCCCC1.CC(C)N1CCOCC1.CC(C)N1CC[N+](C)(C)CC1.CC(C)[N+]1(C)CCCCC1. The van der Waals surface area contributed by atoms with Crippen molar-refractivity contribution in [1.82, 2.24) is 14.7 Å². The van der Waals surface area contributed by atoms with Gasteiger partial charge in [0.1, 0.15) is 0 Å². The van der Waals surface area contributed by atoms with Gasteiger partial charge in [-0.1, -0.05) is 6.42 Å². The molecule has 0 aliphatic carbocycles. The van der Waals surface area contributed by atoms with E-state index in [-0.39, 0.29) is 0 Å². The predicted molar refractivity (Wildman–Crippen MR) is 172 cm³/mol. The van der Waals surface area contributed by atoms with Crippen LogP contribution in [0.25, 0.3) is 0 Å². The lowest BCUT2D eigenvalue weighted by molar-refractivity contribution is -0.933. The van der Waals surface area contributed by atoms with Gasteiger partial charge in [0.15, 0.2) is 0 Å². The third kappa shape index (κ3) is 15.5. The van der Waals surface area contributed by atoms with E-state index >= 15 is 0 Å². The Morgan fingerprint density at radius 2 is 0.846 bits per heavy atom. The van der Waals surface area contributed by atoms with Crippen LogP contribution in [0.15, 0.2) is 0 Å². The van der Waals surface area contributed by atoms with E-state index in [0.29, 0.717) is 6.04 Å². The van der Waals surface area contributed by atoms with Crippen LogP contribution in [-0.4, -0.2) is 148 Å². The van der Waals surface area contributed by atoms with E-state index in [1.807, 2.05) is 0 Å². The van der Waals surface area contributed by atoms with E-state index in [1.54, 1.807) is 0 Å². The monoisotopic (exact) mass is 556 g/mol. The quantitative estimate of drug-likeness (QED) is 0.431. The molecule has 6 heteroatoms. The van der Waals surface area contributed by atoms with Gasteiger partial charge in [0.05, 0.1) is 66.6 Å². The van der Waals surface area contributed by atoms with Crippen LogP contribution in [-0.2, 0) is 4.74 Å². The number of piperidine rings is 2. The van der Waals surface area contributed by atoms with Crippen molar-refractivity contribution in [2.45, 2.75) is 118 Å². The molecule has 4 rings (SSSR count). The lowest BCUT2D eigenvalue weighted by Crippen LogP contribution is -2.56. The molecule has 0 unspecified atom stereocenters. The van der Waals surface area contributed by atoms with Crippen molar-refractivity contribution in [3.63, 3.8) is 0 Å². The first-order valence-corrected chi connectivity index (χ1v) is 16.7. The molecule has 0 aromatic carbocycles. The number of ether oxygens (including phenoxy) is 1. The Hall–Kier alpha value is -0.240. The Balaban J connectivity index is 0.000000261. The minimum absolute atomic E-state index is 0.689. The molecule has 4 fully saturated rings. The molecule has 0 atom stereocenters. The smallest absolute Gasteiger partial charge is 0.0912 e. The molecule has 4 saturated heterocycles. The Kier molecular flexibility index (Phi) is 18.0. The summed E-state index contributed by atoms with van der Waals surface area (Å²) in [5, 5.41) is 0. The normalized spacial score (nSPS) is 24.4. The average molecular weight is 556 g/mol. The minimum atomic E-state index is 0.689. The van der Waals surface area contributed by atoms with Crippen molar-refractivity contribution in [3.8, 4) is 0 Å². The Morgan fingerprint density at radius 1 is 0.462 bits per heavy atom. The fraction of sp³-hybridized carbons (Fsp3) is 1.00. The molecule has 0 saturated carbocycles. The number of quaternary nitrogens is 2. The van der Waals surface area contributed by atoms with Crippen LogP contribution in [0.2, 0.25) is 0 Å². The molecule has 234 valence electrons. The maximum Gasteiger partial charge on any atom is 0.0912 e. The molecule has 6 nitrogen and oxygen atoms in total. The third-order valence-corrected chi connectivity index (χ3v) is 9.70. The molecule has 0 radical (unpaired) electrons. The summed E-state index contributed by atoms with van der Waals surface area (Å²) in [4.78, 5) is 7.55. The summed E-state index contributed by atoms with van der Waals surface area (Å²) in [7, 11) is 7.03. The van der Waals surface area contributed by atoms with Gasteiger partial charge in [-0.15, -0.1) is 0 Å². The molecular formula is C33H73N5O+2. The van der Waals surface area contributed by atoms with Gasteiger partial charge in [0.2, 0.25) is 0 Å². The van der Waals surface area contributed by atoms with Gasteiger partial charge in [0, 0.05) is 44.3 Å². The molecule has 0 spiro atoms. The van der Waals surface area contributed by atoms with Crippen LogP contribution < -0.4 is 0 Å². The molecule has 39 heavy (non-hydrogen) atoms. The fourth-order valence-electron chi connectivity index (χ4n) is 5.82. The predicted octanol–water partition coefficient (Wildman–Crippen LogP) is 5.42. The standard InChI is InChI=1S/C9H21N2.C9H20N.C8H17N.C7H15NO/c1-9(2)10-5-7-11(3,4)8-6-10;1-9(2)10(3)7-5-4-6-8-10;1-8(2)9-6-4-3-5-7-9;1-7(2)8-3-5-9-6-4-8/h9H,5-8H2,1-4H3;9H,4-8H2,1-3H3;8H,3-7H2,1-2H3;7H,3-6H2,1-2H3/q2*+1;;. The highest BCUT2D eigenvalue weighted by atomic mass is 16.5. The van der Waals surface area contributed by atoms with Crippen LogP contribution in [0.4, 0.5) is 0 Å². The zero-order valence-corrected chi connectivity index (χ0v) is 28.7. The first-order valence-electron chi connectivity index (χ1n) is 16.7. The second-order valence-corrected chi connectivity index (χ2v) is 14.5. The highest BCUT2D eigenvalue weighted by Gasteiger charge is 2.27. The van der Waals surface area contributed by atoms with Gasteiger partial charge >= 0.3 is 0 Å². The van der Waals surface area contributed by atoms with E-state index in [9.17, 15) is 0 Å². The summed E-state index contributed by atoms with van der Waals surface area (Å²) >= 11 is 0. The summed E-state index contributed by atoms with van der Waals surface area (Å²) in [6, 6.07) is 3.01. The van der Waals surface area contributed by atoms with Gasteiger partial charge in [0.25, 0.3) is 0 Å². The molecule has 0 N–H and O–H groups in total. The van der Waals surface area contributed by atoms with Crippen LogP contribution in [0.3, 0.4) is 0 Å². The van der Waals surface area contributed by atoms with E-state index < -0.39 is 0 Å². The average Bonchev–Trinajstić information content (AvgIpc) is 2.91. The van der Waals surface area contributed by atoms with Gasteiger partial charge in [-0.05, 0) is 101 Å². The molecule has 0 bridgehead atoms. The van der Waals surface area contributed by atoms with E-state index in [4.69, 9.17) is 4.74 Å². The number of hydrogen-bond donors (Lipinski definition) is 0. The van der Waals surface area contributed by atoms with E-state index in [2.05, 4.69) is 91.2 Å². The zero-order chi connectivity index (χ0) is 29.5. The Labute approximate surface area is 246 Å². The largest absolute Gasteiger partial charge is 0.379 e. The number of nitrogens with zero attached hydrogens (tertiary/aromatic N) is 5. The molecule has 4 heterocycles. The Morgan fingerprint density at radius 3 is 1.18 bits per heavy atom. The fourth-order valence-corrected chi connectivity index (χ4v) is 5.82. The number of hydrogen-bond acceptors (Lipinski definition) is 4. The van der Waals surface area contributed by atoms with Crippen LogP contribution in [0, 0.1) is 0 Å². The molecule has 0 amide bonds. The van der Waals surface area contributed by atoms with Gasteiger partial charge in [-0.3, -0.25) is 9.80 Å². The van der Waals surface area contributed by atoms with E-state index in [0.717, 1.165) is 44.4 Å². The van der Waals surface area contributed by atoms with Crippen LogP contribution >= 0.6 is 0 Å². The van der Waals surface area contributed by atoms with Crippen molar-refractivity contribution in [1.29, 1.82) is 0 Å². The van der Waals surface area contributed by atoms with Crippen molar-refractivity contribution in [2.75, 3.05) is 99.8 Å². The van der Waals surface area contributed by atoms with Crippen molar-refractivity contribution in [3.05, 3.63) is 0 Å². The number of rotatable bonds is 4. The van der Waals surface area contributed by atoms with Gasteiger partial charge in [-0.2, -0.15) is 0 Å². The molecular weight excluding hydrogens is 482 g/mol. The first kappa shape index (κ1) is 36.8. The summed E-state index contributed by atoms with van der Waals surface area (Å²) < 4.78 is 7.71. The minimum Gasteiger partial charge on any atom is -0.379 e. The number of likely N-dealkylation sites (N-methyl/N-ethyl adjacent to an activating group) is 1. The first-order chi connectivity index (χ1) is 18.3. The second kappa shape index (κ2) is 19.0. The lowest BCUT2D eigenvalue weighted by Gasteiger charge is -2.41. The topological polar surface area (TPSA) is 19.0 Å². The maximum absolute atomic E-state index is 5.21. The summed E-state index contributed by atoms with van der Waals surface area (Å²) in [6.07, 6.45) is 8.61. The highest BCUT2D eigenvalue weighted by Crippen LogP contribution is 2.19. The lowest BCUT2D eigenvalue weighted by atomic mass is 10.1. The Bertz CT molecular complexity index is 557. The molecule has 4 aliphatic rings. The van der Waals surface area contributed by atoms with Crippen molar-refractivity contribution >= 4 is 0 Å². The van der Waals surface area contributed by atoms with Crippen LogP contribution in [0.5, 0.6) is 0 Å². The van der Waals surface area contributed by atoms with Gasteiger partial charge in [-0.25, -0.2) is 0 Å². The van der Waals surface area contributed by atoms with E-state index in [1.165, 1.54) is 99.8 Å². The molecule has 0 aromatic rings. The number of morpholine rings is 1. The maximum atomic E-state index is 5.21. The zero-order valence-electron chi connectivity index (χ0n) is 28.7. The van der Waals surface area contributed by atoms with Crippen molar-refractivity contribution in [2.24, 2.45) is 0 Å². The summed E-state index contributed by atoms with van der Waals surface area (Å²) in [5.74, 6) is 0. The summed E-state index contributed by atoms with van der Waals surface area (Å²) in [5.41, 5.74) is 0. The highest BCUT2D eigenvalue weighted by molar-refractivity contribution is 4.68.